The standard InChI is InChI=1S/C19H20FN3O2S.ClH/c1-22(2)9-10-23(18(24)13-5-4-6-14(20)11-13)19-21-16-8-7-15(25-3)12-17(16)26-19;/h4-8,11-12H,9-10H2,1-3H3;1H. The van der Waals surface area contributed by atoms with Gasteiger partial charge in [0.25, 0.3) is 5.91 Å². The highest BCUT2D eigenvalue weighted by Gasteiger charge is 2.22. The molecule has 0 fully saturated rings. The molecule has 27 heavy (non-hydrogen) atoms. The predicted molar refractivity (Wildman–Crippen MR) is 110 cm³/mol. The van der Waals surface area contributed by atoms with Crippen molar-refractivity contribution in [1.29, 1.82) is 0 Å². The molecule has 3 aromatic rings. The highest BCUT2D eigenvalue weighted by atomic mass is 35.5. The molecule has 144 valence electrons. The number of likely N-dealkylation sites (N-methyl/N-ethyl adjacent to an activating group) is 1. The van der Waals surface area contributed by atoms with E-state index in [1.807, 2.05) is 37.2 Å². The molecule has 0 atom stereocenters. The summed E-state index contributed by atoms with van der Waals surface area (Å²) in [6, 6.07) is 11.3. The summed E-state index contributed by atoms with van der Waals surface area (Å²) >= 11 is 1.42. The second-order valence-corrected chi connectivity index (χ2v) is 7.11. The SMILES string of the molecule is COc1ccc2nc(N(CCN(C)C)C(=O)c3cccc(F)c3)sc2c1.Cl. The zero-order valence-electron chi connectivity index (χ0n) is 15.3. The first-order valence-corrected chi connectivity index (χ1v) is 8.96. The monoisotopic (exact) mass is 409 g/mol. The van der Waals surface area contributed by atoms with Crippen molar-refractivity contribution in [3.05, 3.63) is 53.8 Å². The fraction of sp³-hybridized carbons (Fsp3) is 0.263. The Morgan fingerprint density at radius 2 is 1.96 bits per heavy atom. The van der Waals surface area contributed by atoms with Gasteiger partial charge in [0, 0.05) is 18.7 Å². The third kappa shape index (κ3) is 4.94. The van der Waals surface area contributed by atoms with Gasteiger partial charge in [-0.15, -0.1) is 12.4 Å². The van der Waals surface area contributed by atoms with Gasteiger partial charge in [0.2, 0.25) is 0 Å². The second kappa shape index (κ2) is 9.12. The van der Waals surface area contributed by atoms with Crippen LogP contribution in [0, 0.1) is 5.82 Å². The molecule has 2 aromatic carbocycles. The summed E-state index contributed by atoms with van der Waals surface area (Å²) in [5.74, 6) is 0.0406. The lowest BCUT2D eigenvalue weighted by molar-refractivity contribution is 0.0984. The number of halogens is 2. The van der Waals surface area contributed by atoms with E-state index in [0.717, 1.165) is 16.0 Å². The first kappa shape index (κ1) is 21.1. The third-order valence-corrected chi connectivity index (χ3v) is 4.94. The fourth-order valence-electron chi connectivity index (χ4n) is 2.50. The largest absolute Gasteiger partial charge is 0.497 e. The number of nitrogens with zero attached hydrogens (tertiary/aromatic N) is 3. The van der Waals surface area contributed by atoms with Crippen molar-refractivity contribution >= 4 is 45.0 Å². The lowest BCUT2D eigenvalue weighted by Crippen LogP contribution is -2.36. The molecule has 0 N–H and O–H groups in total. The molecule has 3 rings (SSSR count). The lowest BCUT2D eigenvalue weighted by Gasteiger charge is -2.22. The smallest absolute Gasteiger partial charge is 0.260 e. The number of carbonyl (C=O) groups excluding carboxylic acids is 1. The quantitative estimate of drug-likeness (QED) is 0.615. The Hall–Kier alpha value is -2.22. The first-order chi connectivity index (χ1) is 12.5. The molecule has 0 radical (unpaired) electrons. The van der Waals surface area contributed by atoms with Crippen molar-refractivity contribution in [2.24, 2.45) is 0 Å². The molecule has 0 aliphatic carbocycles. The molecule has 1 amide bonds. The Bertz CT molecular complexity index is 932. The van der Waals surface area contributed by atoms with E-state index in [0.29, 0.717) is 23.8 Å². The number of aromatic nitrogens is 1. The van der Waals surface area contributed by atoms with Crippen molar-refractivity contribution in [1.82, 2.24) is 9.88 Å². The van der Waals surface area contributed by atoms with E-state index < -0.39 is 5.82 Å². The molecule has 8 heteroatoms. The summed E-state index contributed by atoms with van der Waals surface area (Å²) in [6.45, 7) is 1.12. The summed E-state index contributed by atoms with van der Waals surface area (Å²) < 4.78 is 19.7. The minimum atomic E-state index is -0.433. The number of rotatable bonds is 6. The summed E-state index contributed by atoms with van der Waals surface area (Å²) in [4.78, 5) is 21.2. The molecule has 0 spiro atoms. The number of thiazole rings is 1. The van der Waals surface area contributed by atoms with Crippen LogP contribution in [0.15, 0.2) is 42.5 Å². The second-order valence-electron chi connectivity index (χ2n) is 6.10. The van der Waals surface area contributed by atoms with Crippen molar-refractivity contribution in [3.63, 3.8) is 0 Å². The van der Waals surface area contributed by atoms with Crippen LogP contribution in [0.1, 0.15) is 10.4 Å². The molecule has 0 bridgehead atoms. The molecule has 0 saturated carbocycles. The summed E-state index contributed by atoms with van der Waals surface area (Å²) in [6.07, 6.45) is 0. The van der Waals surface area contributed by atoms with Gasteiger partial charge in [-0.1, -0.05) is 17.4 Å². The number of amides is 1. The van der Waals surface area contributed by atoms with Gasteiger partial charge in [0.05, 0.1) is 17.3 Å². The topological polar surface area (TPSA) is 45.7 Å². The zero-order valence-corrected chi connectivity index (χ0v) is 16.9. The molecular weight excluding hydrogens is 389 g/mol. The van der Waals surface area contributed by atoms with Gasteiger partial charge >= 0.3 is 0 Å². The minimum Gasteiger partial charge on any atom is -0.497 e. The Labute approximate surface area is 167 Å². The van der Waals surface area contributed by atoms with Crippen LogP contribution in [0.5, 0.6) is 5.75 Å². The maximum Gasteiger partial charge on any atom is 0.260 e. The van der Waals surface area contributed by atoms with E-state index in [1.54, 1.807) is 18.1 Å². The van der Waals surface area contributed by atoms with Crippen molar-refractivity contribution < 1.29 is 13.9 Å². The number of ether oxygens (including phenoxy) is 1. The Kier molecular flexibility index (Phi) is 7.12. The van der Waals surface area contributed by atoms with E-state index in [-0.39, 0.29) is 18.3 Å². The molecule has 5 nitrogen and oxygen atoms in total. The molecule has 1 aromatic heterocycles. The molecule has 1 heterocycles. The average Bonchev–Trinajstić information content (AvgIpc) is 3.04. The Morgan fingerprint density at radius 1 is 1.19 bits per heavy atom. The maximum atomic E-state index is 13.6. The number of anilines is 1. The average molecular weight is 410 g/mol. The van der Waals surface area contributed by atoms with Crippen LogP contribution in [0.3, 0.4) is 0 Å². The first-order valence-electron chi connectivity index (χ1n) is 8.14. The van der Waals surface area contributed by atoms with Gasteiger partial charge < -0.3 is 9.64 Å². The lowest BCUT2D eigenvalue weighted by atomic mass is 10.2. The van der Waals surface area contributed by atoms with Gasteiger partial charge in [-0.3, -0.25) is 9.69 Å². The highest BCUT2D eigenvalue weighted by molar-refractivity contribution is 7.22. The summed E-state index contributed by atoms with van der Waals surface area (Å²) in [5.41, 5.74) is 1.10. The normalized spacial score (nSPS) is 10.7. The van der Waals surface area contributed by atoms with Crippen molar-refractivity contribution in [2.45, 2.75) is 0 Å². The van der Waals surface area contributed by atoms with E-state index in [9.17, 15) is 9.18 Å². The van der Waals surface area contributed by atoms with Crippen LogP contribution in [-0.2, 0) is 0 Å². The van der Waals surface area contributed by atoms with Gasteiger partial charge in [-0.05, 0) is 50.5 Å². The van der Waals surface area contributed by atoms with E-state index in [2.05, 4.69) is 4.98 Å². The van der Waals surface area contributed by atoms with Gasteiger partial charge in [0.1, 0.15) is 11.6 Å². The molecule has 0 aliphatic heterocycles. The van der Waals surface area contributed by atoms with Crippen LogP contribution in [-0.4, -0.2) is 50.1 Å². The van der Waals surface area contributed by atoms with Crippen LogP contribution < -0.4 is 9.64 Å². The maximum absolute atomic E-state index is 13.6. The number of fused-ring (bicyclic) bond motifs is 1. The predicted octanol–water partition coefficient (Wildman–Crippen LogP) is 4.07. The molecule has 0 aliphatic rings. The molecule has 0 unspecified atom stereocenters. The minimum absolute atomic E-state index is 0. The van der Waals surface area contributed by atoms with Crippen LogP contribution in [0.2, 0.25) is 0 Å². The number of carbonyl (C=O) groups is 1. The summed E-state index contributed by atoms with van der Waals surface area (Å²) in [5, 5.41) is 0.587. The fourth-order valence-corrected chi connectivity index (χ4v) is 3.52. The zero-order chi connectivity index (χ0) is 18.7. The van der Waals surface area contributed by atoms with Crippen LogP contribution >= 0.6 is 23.7 Å². The van der Waals surface area contributed by atoms with Crippen LogP contribution in [0.4, 0.5) is 9.52 Å². The van der Waals surface area contributed by atoms with Crippen LogP contribution in [0.25, 0.3) is 10.2 Å². The highest BCUT2D eigenvalue weighted by Crippen LogP contribution is 2.32. The number of methoxy groups -OCH3 is 1. The number of hydrogen-bond acceptors (Lipinski definition) is 5. The van der Waals surface area contributed by atoms with Gasteiger partial charge in [-0.2, -0.15) is 0 Å². The van der Waals surface area contributed by atoms with E-state index in [4.69, 9.17) is 4.74 Å². The number of benzene rings is 2. The van der Waals surface area contributed by atoms with Crippen molar-refractivity contribution in [2.75, 3.05) is 39.2 Å². The van der Waals surface area contributed by atoms with Crippen molar-refractivity contribution in [3.8, 4) is 5.75 Å². The third-order valence-electron chi connectivity index (χ3n) is 3.90. The number of hydrogen-bond donors (Lipinski definition) is 0. The Morgan fingerprint density at radius 3 is 2.63 bits per heavy atom. The van der Waals surface area contributed by atoms with E-state index in [1.165, 1.54) is 29.5 Å². The van der Waals surface area contributed by atoms with Gasteiger partial charge in [0.15, 0.2) is 5.13 Å². The Balaban J connectivity index is 0.00000261. The molecular formula is C19H21ClFN3O2S. The molecule has 0 saturated heterocycles. The van der Waals surface area contributed by atoms with Gasteiger partial charge in [-0.25, -0.2) is 9.37 Å². The van der Waals surface area contributed by atoms with E-state index >= 15 is 0 Å². The summed E-state index contributed by atoms with van der Waals surface area (Å²) in [7, 11) is 5.49.